The first-order chi connectivity index (χ1) is 15.5. The topological polar surface area (TPSA) is 106 Å². The molecule has 32 heavy (non-hydrogen) atoms. The Morgan fingerprint density at radius 1 is 0.594 bits per heavy atom. The molecule has 0 saturated heterocycles. The highest BCUT2D eigenvalue weighted by Gasteiger charge is 2.11. The standard InChI is InChI=1S/C26H36N2O4/c1-19-13-15-25(29)21(17-19)23(27-31)11-9-7-5-3-4-6-8-10-12-24(28-32)22-18-20(2)14-16-26(22)30/h13-18,29-32H,3-12H2,1-2H3/b27-23-,28-24-. The third-order valence-electron chi connectivity index (χ3n) is 5.74. The number of unbranched alkanes of at least 4 members (excludes halogenated alkanes) is 7. The van der Waals surface area contributed by atoms with Gasteiger partial charge < -0.3 is 20.6 Å². The molecule has 0 radical (unpaired) electrons. The van der Waals surface area contributed by atoms with Crippen LogP contribution in [0.2, 0.25) is 0 Å². The summed E-state index contributed by atoms with van der Waals surface area (Å²) in [5, 5.41) is 45.4. The van der Waals surface area contributed by atoms with Crippen molar-refractivity contribution >= 4 is 11.4 Å². The predicted octanol–water partition coefficient (Wildman–Crippen LogP) is 6.67. The summed E-state index contributed by atoms with van der Waals surface area (Å²) in [5.74, 6) is 0.297. The molecule has 4 N–H and O–H groups in total. The predicted molar refractivity (Wildman–Crippen MR) is 129 cm³/mol. The van der Waals surface area contributed by atoms with Crippen LogP contribution >= 0.6 is 0 Å². The van der Waals surface area contributed by atoms with Gasteiger partial charge in [-0.2, -0.15) is 0 Å². The number of phenolic OH excluding ortho intramolecular Hbond substituents is 2. The molecule has 174 valence electrons. The molecule has 0 aliphatic heterocycles. The SMILES string of the molecule is Cc1ccc(O)c(/C(CCCCCCCCCC/C(=N/O)c2cc(C)ccc2O)=N\O)c1. The first-order valence-corrected chi connectivity index (χ1v) is 11.5. The van der Waals surface area contributed by atoms with Crippen LogP contribution < -0.4 is 0 Å². The monoisotopic (exact) mass is 440 g/mol. The van der Waals surface area contributed by atoms with Crippen molar-refractivity contribution in [1.82, 2.24) is 0 Å². The maximum atomic E-state index is 9.99. The minimum absolute atomic E-state index is 0.149. The molecule has 0 amide bonds. The van der Waals surface area contributed by atoms with Crippen LogP contribution in [-0.2, 0) is 0 Å². The molecule has 0 saturated carbocycles. The Hall–Kier alpha value is -3.02. The zero-order valence-corrected chi connectivity index (χ0v) is 19.2. The van der Waals surface area contributed by atoms with E-state index in [4.69, 9.17) is 0 Å². The zero-order chi connectivity index (χ0) is 23.3. The maximum absolute atomic E-state index is 9.99. The van der Waals surface area contributed by atoms with Crippen molar-refractivity contribution < 1.29 is 20.6 Å². The summed E-state index contributed by atoms with van der Waals surface area (Å²) in [6, 6.07) is 10.6. The van der Waals surface area contributed by atoms with Gasteiger partial charge in [0.2, 0.25) is 0 Å². The number of rotatable bonds is 13. The molecule has 0 heterocycles. The quantitative estimate of drug-likeness (QED) is 0.121. The lowest BCUT2D eigenvalue weighted by Gasteiger charge is -2.09. The minimum Gasteiger partial charge on any atom is -0.507 e. The van der Waals surface area contributed by atoms with Gasteiger partial charge in [-0.1, -0.05) is 72.1 Å². The largest absolute Gasteiger partial charge is 0.507 e. The lowest BCUT2D eigenvalue weighted by molar-refractivity contribution is 0.317. The molecular weight excluding hydrogens is 404 g/mol. The van der Waals surface area contributed by atoms with E-state index in [9.17, 15) is 20.6 Å². The van der Waals surface area contributed by atoms with Gasteiger partial charge in [-0.25, -0.2) is 0 Å². The van der Waals surface area contributed by atoms with Gasteiger partial charge >= 0.3 is 0 Å². The van der Waals surface area contributed by atoms with Crippen molar-refractivity contribution in [2.45, 2.75) is 78.1 Å². The van der Waals surface area contributed by atoms with Crippen LogP contribution in [0.25, 0.3) is 0 Å². The van der Waals surface area contributed by atoms with Gasteiger partial charge in [0.25, 0.3) is 0 Å². The van der Waals surface area contributed by atoms with E-state index in [1.807, 2.05) is 38.1 Å². The molecule has 0 fully saturated rings. The molecule has 6 nitrogen and oxygen atoms in total. The van der Waals surface area contributed by atoms with Crippen LogP contribution in [0.3, 0.4) is 0 Å². The Kier molecular flexibility index (Phi) is 10.6. The maximum Gasteiger partial charge on any atom is 0.124 e. The van der Waals surface area contributed by atoms with E-state index in [-0.39, 0.29) is 11.5 Å². The molecule has 0 aliphatic carbocycles. The highest BCUT2D eigenvalue weighted by Crippen LogP contribution is 2.23. The first kappa shape index (κ1) is 25.2. The van der Waals surface area contributed by atoms with E-state index in [0.29, 0.717) is 35.4 Å². The van der Waals surface area contributed by atoms with Gasteiger partial charge in [0.1, 0.15) is 11.5 Å². The normalized spacial score (nSPS) is 12.3. The molecular formula is C26H36N2O4. The van der Waals surface area contributed by atoms with Crippen molar-refractivity contribution in [3.05, 3.63) is 58.7 Å². The molecule has 2 aromatic carbocycles. The van der Waals surface area contributed by atoms with E-state index in [1.165, 1.54) is 0 Å². The van der Waals surface area contributed by atoms with E-state index in [2.05, 4.69) is 10.3 Å². The van der Waals surface area contributed by atoms with Gasteiger partial charge in [0, 0.05) is 11.1 Å². The van der Waals surface area contributed by atoms with Crippen molar-refractivity contribution in [3.8, 4) is 11.5 Å². The average Bonchev–Trinajstić information content (AvgIpc) is 2.78. The third-order valence-corrected chi connectivity index (χ3v) is 5.74. The molecule has 0 atom stereocenters. The smallest absolute Gasteiger partial charge is 0.124 e. The van der Waals surface area contributed by atoms with E-state index in [1.54, 1.807) is 12.1 Å². The van der Waals surface area contributed by atoms with Crippen LogP contribution in [0.4, 0.5) is 0 Å². The number of aryl methyl sites for hydroxylation is 2. The highest BCUT2D eigenvalue weighted by atomic mass is 16.4. The van der Waals surface area contributed by atoms with Crippen LogP contribution in [0.1, 0.15) is 86.5 Å². The fraction of sp³-hybridized carbons (Fsp3) is 0.462. The molecule has 0 aliphatic rings. The van der Waals surface area contributed by atoms with Gasteiger partial charge in [0.05, 0.1) is 11.4 Å². The molecule has 0 unspecified atom stereocenters. The number of phenols is 2. The lowest BCUT2D eigenvalue weighted by Crippen LogP contribution is -2.02. The van der Waals surface area contributed by atoms with Crippen LogP contribution in [0.5, 0.6) is 11.5 Å². The Bertz CT molecular complexity index is 847. The molecule has 0 bridgehead atoms. The number of nitrogens with zero attached hydrogens (tertiary/aromatic N) is 2. The van der Waals surface area contributed by atoms with Crippen molar-refractivity contribution in [2.75, 3.05) is 0 Å². The molecule has 0 spiro atoms. The van der Waals surface area contributed by atoms with Gasteiger partial charge in [-0.15, -0.1) is 0 Å². The summed E-state index contributed by atoms with van der Waals surface area (Å²) in [7, 11) is 0. The van der Waals surface area contributed by atoms with E-state index in [0.717, 1.165) is 62.5 Å². The molecule has 2 rings (SSSR count). The van der Waals surface area contributed by atoms with Gasteiger partial charge in [0.15, 0.2) is 0 Å². The Labute approximate surface area is 190 Å². The summed E-state index contributed by atoms with van der Waals surface area (Å²) < 4.78 is 0. The van der Waals surface area contributed by atoms with Crippen LogP contribution in [0.15, 0.2) is 46.7 Å². The number of hydrogen-bond donors (Lipinski definition) is 4. The first-order valence-electron chi connectivity index (χ1n) is 11.5. The fourth-order valence-corrected chi connectivity index (χ4v) is 3.88. The summed E-state index contributed by atoms with van der Waals surface area (Å²) >= 11 is 0. The third kappa shape index (κ3) is 7.91. The number of oxime groups is 2. The number of benzene rings is 2. The fourth-order valence-electron chi connectivity index (χ4n) is 3.88. The zero-order valence-electron chi connectivity index (χ0n) is 19.2. The van der Waals surface area contributed by atoms with E-state index < -0.39 is 0 Å². The second-order valence-corrected chi connectivity index (χ2v) is 8.46. The minimum atomic E-state index is 0.149. The summed E-state index contributed by atoms with van der Waals surface area (Å²) in [4.78, 5) is 0. The number of aromatic hydroxyl groups is 2. The second-order valence-electron chi connectivity index (χ2n) is 8.46. The van der Waals surface area contributed by atoms with Crippen LogP contribution in [-0.4, -0.2) is 32.1 Å². The van der Waals surface area contributed by atoms with Crippen molar-refractivity contribution in [1.29, 1.82) is 0 Å². The highest BCUT2D eigenvalue weighted by molar-refractivity contribution is 6.03. The van der Waals surface area contributed by atoms with Gasteiger partial charge in [-0.05, 0) is 63.8 Å². The summed E-state index contributed by atoms with van der Waals surface area (Å²) in [6.45, 7) is 3.89. The molecule has 2 aromatic rings. The molecule has 0 aromatic heterocycles. The second kappa shape index (κ2) is 13.4. The Balaban J connectivity index is 1.59. The number of hydrogen-bond acceptors (Lipinski definition) is 6. The van der Waals surface area contributed by atoms with Crippen molar-refractivity contribution in [3.63, 3.8) is 0 Å². The van der Waals surface area contributed by atoms with Crippen LogP contribution in [0, 0.1) is 13.8 Å². The van der Waals surface area contributed by atoms with Gasteiger partial charge in [-0.3, -0.25) is 0 Å². The molecule has 6 heteroatoms. The average molecular weight is 441 g/mol. The Morgan fingerprint density at radius 2 is 0.938 bits per heavy atom. The lowest BCUT2D eigenvalue weighted by atomic mass is 9.99. The summed E-state index contributed by atoms with van der Waals surface area (Å²) in [5.41, 5.74) is 4.33. The Morgan fingerprint density at radius 3 is 1.28 bits per heavy atom. The van der Waals surface area contributed by atoms with E-state index >= 15 is 0 Å². The summed E-state index contributed by atoms with van der Waals surface area (Å²) in [6.07, 6.45) is 9.79. The van der Waals surface area contributed by atoms with Crippen molar-refractivity contribution in [2.24, 2.45) is 10.3 Å².